The molecule has 0 bridgehead atoms. The molecule has 0 heterocycles. The van der Waals surface area contributed by atoms with E-state index in [9.17, 15) is 0 Å². The molecule has 0 aromatic rings. The molecule has 0 nitrogen and oxygen atoms in total. The van der Waals surface area contributed by atoms with Crippen LogP contribution in [0.1, 0.15) is 0 Å². The largest absolute Gasteiger partial charge is 0 e. The predicted octanol–water partition coefficient (Wildman–Crippen LogP) is -0.769. The average molecular weight is 291 g/mol. The van der Waals surface area contributed by atoms with Gasteiger partial charge in [0.2, 0.25) is 0 Å². The fraction of sp³-hybridized carbons (Fsp3) is 0. The molecular weight excluding hydrogens is 291 g/mol. The molecule has 0 saturated carbocycles. The molecular formula is CoMgMnSrZn. The summed E-state index contributed by atoms with van der Waals surface area (Å²) in [7, 11) is 0. The molecule has 5 heteroatoms. The van der Waals surface area contributed by atoms with Gasteiger partial charge < -0.3 is 0 Å². The molecule has 0 unspecified atom stereocenters. The standard InChI is InChI=1S/Co.Mg.Mn.Sr.Zn. The number of hydrogen-bond donors (Lipinski definition) is 0. The Kier molecular flexibility index (Phi) is 181. The second kappa shape index (κ2) is 24.7. The van der Waals surface area contributed by atoms with Crippen LogP contribution in [-0.4, -0.2) is 68.5 Å². The smallest absolute Gasteiger partial charge is 0 e. The van der Waals surface area contributed by atoms with Gasteiger partial charge in [0.1, 0.15) is 0 Å². The van der Waals surface area contributed by atoms with E-state index in [4.69, 9.17) is 0 Å². The van der Waals surface area contributed by atoms with Crippen LogP contribution in [0, 0.1) is 0 Å². The minimum atomic E-state index is 0. The van der Waals surface area contributed by atoms with E-state index in [0.29, 0.717) is 0 Å². The van der Waals surface area contributed by atoms with E-state index in [0.717, 1.165) is 0 Å². The minimum Gasteiger partial charge on any atom is 0 e. The summed E-state index contributed by atoms with van der Waals surface area (Å²) in [5.41, 5.74) is 0. The molecule has 0 aliphatic carbocycles. The molecule has 0 atom stereocenters. The van der Waals surface area contributed by atoms with E-state index < -0.39 is 0 Å². The Balaban J connectivity index is 0. The van der Waals surface area contributed by atoms with Gasteiger partial charge in [0.25, 0.3) is 0 Å². The summed E-state index contributed by atoms with van der Waals surface area (Å²) < 4.78 is 0. The van der Waals surface area contributed by atoms with Gasteiger partial charge in [-0.1, -0.05) is 0 Å². The van der Waals surface area contributed by atoms with Crippen molar-refractivity contribution in [2.24, 2.45) is 0 Å². The first-order valence-electron chi connectivity index (χ1n) is 0. The summed E-state index contributed by atoms with van der Waals surface area (Å²) in [4.78, 5) is 0. The number of hydrogen-bond acceptors (Lipinski definition) is 0. The van der Waals surface area contributed by atoms with Crippen LogP contribution in [0.3, 0.4) is 0 Å². The van der Waals surface area contributed by atoms with Gasteiger partial charge in [-0.15, -0.1) is 0 Å². The maximum atomic E-state index is 0. The summed E-state index contributed by atoms with van der Waals surface area (Å²) in [6, 6.07) is 0. The molecule has 0 rings (SSSR count). The van der Waals surface area contributed by atoms with Crippen molar-refractivity contribution >= 4 is 68.5 Å². The molecule has 22 valence electrons. The van der Waals surface area contributed by atoms with Crippen LogP contribution < -0.4 is 0 Å². The van der Waals surface area contributed by atoms with Gasteiger partial charge in [0.05, 0.1) is 0 Å². The Labute approximate surface area is 119 Å². The summed E-state index contributed by atoms with van der Waals surface area (Å²) in [5, 5.41) is 0. The number of rotatable bonds is 0. The van der Waals surface area contributed by atoms with Gasteiger partial charge in [-0.3, -0.25) is 0 Å². The van der Waals surface area contributed by atoms with Gasteiger partial charge in [0, 0.05) is 122 Å². The van der Waals surface area contributed by atoms with Crippen LogP contribution in [0.15, 0.2) is 0 Å². The van der Waals surface area contributed by atoms with Gasteiger partial charge in [-0.05, 0) is 0 Å². The molecule has 6 radical (unpaired) electrons. The quantitative estimate of drug-likeness (QED) is 0.514. The van der Waals surface area contributed by atoms with Crippen molar-refractivity contribution in [3.8, 4) is 0 Å². The topological polar surface area (TPSA) is 0 Å². The zero-order chi connectivity index (χ0) is 0. The van der Waals surface area contributed by atoms with Crippen molar-refractivity contribution in [2.45, 2.75) is 0 Å². The molecule has 0 aromatic heterocycles. The van der Waals surface area contributed by atoms with Crippen LogP contribution >= 0.6 is 0 Å². The van der Waals surface area contributed by atoms with Gasteiger partial charge in [-0.25, -0.2) is 0 Å². The summed E-state index contributed by atoms with van der Waals surface area (Å²) in [6.45, 7) is 0. The summed E-state index contributed by atoms with van der Waals surface area (Å²) in [5.74, 6) is 0. The van der Waals surface area contributed by atoms with Crippen LogP contribution in [0.25, 0.3) is 0 Å². The van der Waals surface area contributed by atoms with Crippen molar-refractivity contribution in [3.05, 3.63) is 0 Å². The maximum absolute atomic E-state index is 0. The fourth-order valence-corrected chi connectivity index (χ4v) is 0. The summed E-state index contributed by atoms with van der Waals surface area (Å²) in [6.07, 6.45) is 0. The molecule has 0 N–H and O–H groups in total. The molecule has 0 saturated heterocycles. The van der Waals surface area contributed by atoms with E-state index in [1.54, 1.807) is 0 Å². The Morgan fingerprint density at radius 1 is 1.00 bits per heavy atom. The minimum absolute atomic E-state index is 0. The summed E-state index contributed by atoms with van der Waals surface area (Å²) >= 11 is 0. The second-order valence-corrected chi connectivity index (χ2v) is 0. The normalized spacial score (nSPS) is 0. The van der Waals surface area contributed by atoms with Gasteiger partial charge in [-0.2, -0.15) is 0 Å². The van der Waals surface area contributed by atoms with Crippen LogP contribution in [0.5, 0.6) is 0 Å². The molecule has 0 spiro atoms. The Morgan fingerprint density at radius 3 is 1.00 bits per heavy atom. The van der Waals surface area contributed by atoms with Crippen molar-refractivity contribution < 1.29 is 53.3 Å². The molecule has 0 aromatic carbocycles. The second-order valence-electron chi connectivity index (χ2n) is 0. The van der Waals surface area contributed by atoms with E-state index >= 15 is 0 Å². The Hall–Kier alpha value is 3.90. The van der Waals surface area contributed by atoms with Crippen molar-refractivity contribution in [3.63, 3.8) is 0 Å². The van der Waals surface area contributed by atoms with E-state index in [1.165, 1.54) is 0 Å². The molecule has 0 aliphatic heterocycles. The Bertz CT molecular complexity index is 11.6. The maximum Gasteiger partial charge on any atom is 0 e. The SMILES string of the molecule is [Co].[Mg].[Mn].[Sr].[Zn]. The molecule has 0 fully saturated rings. The van der Waals surface area contributed by atoms with Crippen molar-refractivity contribution in [2.75, 3.05) is 0 Å². The van der Waals surface area contributed by atoms with Crippen LogP contribution in [-0.2, 0) is 53.3 Å². The zero-order valence-corrected chi connectivity index (χ0v) is 12.9. The van der Waals surface area contributed by atoms with Crippen LogP contribution in [0.4, 0.5) is 0 Å². The third-order valence-corrected chi connectivity index (χ3v) is 0. The van der Waals surface area contributed by atoms with E-state index in [1.807, 2.05) is 0 Å². The Morgan fingerprint density at radius 2 is 1.00 bits per heavy atom. The van der Waals surface area contributed by atoms with E-state index in [-0.39, 0.29) is 122 Å². The van der Waals surface area contributed by atoms with Gasteiger partial charge >= 0.3 is 0 Å². The third-order valence-electron chi connectivity index (χ3n) is 0. The molecule has 5 heavy (non-hydrogen) atoms. The van der Waals surface area contributed by atoms with Crippen molar-refractivity contribution in [1.29, 1.82) is 0 Å². The zero-order valence-electron chi connectivity index (χ0n) is 2.83. The molecule has 0 aliphatic rings. The van der Waals surface area contributed by atoms with Crippen molar-refractivity contribution in [1.82, 2.24) is 0 Å². The molecule has 0 amide bonds. The monoisotopic (exact) mass is 290 g/mol. The van der Waals surface area contributed by atoms with E-state index in [2.05, 4.69) is 0 Å². The van der Waals surface area contributed by atoms with Gasteiger partial charge in [0.15, 0.2) is 0 Å². The predicted molar refractivity (Wildman–Crippen MR) is 11.5 cm³/mol. The van der Waals surface area contributed by atoms with Crippen LogP contribution in [0.2, 0.25) is 0 Å². The first kappa shape index (κ1) is 36.5. The first-order valence-corrected chi connectivity index (χ1v) is 0. The first-order chi connectivity index (χ1) is 0. The average Bonchev–Trinajstić information content (AvgIpc) is 0. The third kappa shape index (κ3) is 18.1. The fourth-order valence-electron chi connectivity index (χ4n) is 0.